The van der Waals surface area contributed by atoms with Crippen LogP contribution in [0.5, 0.6) is 0 Å². The second-order valence-electron chi connectivity index (χ2n) is 5.39. The highest BCUT2D eigenvalue weighted by molar-refractivity contribution is 5.50. The molecular weight excluding hydrogens is 210 g/mol. The van der Waals surface area contributed by atoms with Crippen LogP contribution in [0, 0.1) is 0 Å². The summed E-state index contributed by atoms with van der Waals surface area (Å²) in [6.07, 6.45) is 2.51. The zero-order valence-electron chi connectivity index (χ0n) is 10.5. The highest BCUT2D eigenvalue weighted by Crippen LogP contribution is 2.36. The first-order valence-corrected chi connectivity index (χ1v) is 6.52. The van der Waals surface area contributed by atoms with Gasteiger partial charge in [0.15, 0.2) is 0 Å². The summed E-state index contributed by atoms with van der Waals surface area (Å²) in [5.74, 6) is 0. The smallest absolute Gasteiger partial charge is 0.0711 e. The van der Waals surface area contributed by atoms with Gasteiger partial charge < -0.3 is 10.2 Å². The molecule has 3 rings (SSSR count). The summed E-state index contributed by atoms with van der Waals surface area (Å²) >= 11 is 0. The molecule has 0 bridgehead atoms. The SMILES string of the molecule is CN1CN(c2ccccc2)C2(CCNCC2)C1. The summed E-state index contributed by atoms with van der Waals surface area (Å²) in [6, 6.07) is 10.9. The Bertz CT molecular complexity index is 370. The van der Waals surface area contributed by atoms with Crippen molar-refractivity contribution in [2.24, 2.45) is 0 Å². The molecule has 3 heteroatoms. The van der Waals surface area contributed by atoms with Crippen molar-refractivity contribution in [3.05, 3.63) is 30.3 Å². The Kier molecular flexibility index (Phi) is 2.81. The third-order valence-corrected chi connectivity index (χ3v) is 4.12. The molecule has 2 aliphatic rings. The fourth-order valence-electron chi connectivity index (χ4n) is 3.31. The van der Waals surface area contributed by atoms with Gasteiger partial charge in [0.2, 0.25) is 0 Å². The molecule has 92 valence electrons. The molecule has 0 radical (unpaired) electrons. The van der Waals surface area contributed by atoms with Crippen molar-refractivity contribution in [3.63, 3.8) is 0 Å². The molecule has 0 amide bonds. The van der Waals surface area contributed by atoms with Crippen LogP contribution >= 0.6 is 0 Å². The molecule has 0 aliphatic carbocycles. The van der Waals surface area contributed by atoms with Gasteiger partial charge in [-0.05, 0) is 45.1 Å². The molecular formula is C14H21N3. The minimum Gasteiger partial charge on any atom is -0.351 e. The lowest BCUT2D eigenvalue weighted by atomic mass is 9.87. The van der Waals surface area contributed by atoms with E-state index in [2.05, 4.69) is 52.5 Å². The van der Waals surface area contributed by atoms with E-state index in [4.69, 9.17) is 0 Å². The van der Waals surface area contributed by atoms with E-state index < -0.39 is 0 Å². The van der Waals surface area contributed by atoms with Gasteiger partial charge in [0.05, 0.1) is 12.2 Å². The normalized spacial score (nSPS) is 24.4. The Morgan fingerprint density at radius 2 is 1.82 bits per heavy atom. The van der Waals surface area contributed by atoms with Crippen LogP contribution in [-0.4, -0.2) is 43.8 Å². The van der Waals surface area contributed by atoms with Crippen LogP contribution in [0.2, 0.25) is 0 Å². The largest absolute Gasteiger partial charge is 0.351 e. The van der Waals surface area contributed by atoms with Crippen LogP contribution in [0.15, 0.2) is 30.3 Å². The van der Waals surface area contributed by atoms with Gasteiger partial charge in [0.1, 0.15) is 0 Å². The lowest BCUT2D eigenvalue weighted by Gasteiger charge is -2.42. The Labute approximate surface area is 103 Å². The van der Waals surface area contributed by atoms with Crippen molar-refractivity contribution >= 4 is 5.69 Å². The molecule has 0 atom stereocenters. The van der Waals surface area contributed by atoms with Gasteiger partial charge >= 0.3 is 0 Å². The number of anilines is 1. The third kappa shape index (κ3) is 1.94. The lowest BCUT2D eigenvalue weighted by Crippen LogP contribution is -2.53. The van der Waals surface area contributed by atoms with Gasteiger partial charge in [-0.1, -0.05) is 18.2 Å². The minimum atomic E-state index is 0.362. The maximum atomic E-state index is 3.48. The van der Waals surface area contributed by atoms with Gasteiger partial charge in [-0.2, -0.15) is 0 Å². The topological polar surface area (TPSA) is 18.5 Å². The Balaban J connectivity index is 1.91. The Morgan fingerprint density at radius 3 is 2.53 bits per heavy atom. The molecule has 2 aliphatic heterocycles. The van der Waals surface area contributed by atoms with Crippen molar-refractivity contribution in [2.75, 3.05) is 38.3 Å². The zero-order valence-corrected chi connectivity index (χ0v) is 10.5. The molecule has 1 aromatic rings. The number of likely N-dealkylation sites (N-methyl/N-ethyl adjacent to an activating group) is 1. The van der Waals surface area contributed by atoms with Crippen LogP contribution in [0.3, 0.4) is 0 Å². The average molecular weight is 231 g/mol. The highest BCUT2D eigenvalue weighted by atomic mass is 15.4. The second kappa shape index (κ2) is 4.31. The number of hydrogen-bond donors (Lipinski definition) is 1. The molecule has 1 aromatic carbocycles. The van der Waals surface area contributed by atoms with E-state index in [0.29, 0.717) is 5.54 Å². The Hall–Kier alpha value is -1.06. The van der Waals surface area contributed by atoms with E-state index in [-0.39, 0.29) is 0 Å². The van der Waals surface area contributed by atoms with Gasteiger partial charge in [-0.15, -0.1) is 0 Å². The molecule has 2 heterocycles. The zero-order chi connectivity index (χ0) is 11.7. The summed E-state index contributed by atoms with van der Waals surface area (Å²) in [5, 5.41) is 3.48. The first-order chi connectivity index (χ1) is 8.30. The number of rotatable bonds is 1. The first kappa shape index (κ1) is 11.1. The maximum Gasteiger partial charge on any atom is 0.0711 e. The highest BCUT2D eigenvalue weighted by Gasteiger charge is 2.43. The standard InChI is InChI=1S/C14H21N3/c1-16-11-14(7-9-15-10-8-14)17(12-16)13-5-3-2-4-6-13/h2-6,15H,7-12H2,1H3. The fraction of sp³-hybridized carbons (Fsp3) is 0.571. The number of para-hydroxylation sites is 1. The average Bonchev–Trinajstić information content (AvgIpc) is 2.68. The molecule has 1 spiro atoms. The van der Waals surface area contributed by atoms with Gasteiger partial charge in [0.25, 0.3) is 0 Å². The summed E-state index contributed by atoms with van der Waals surface area (Å²) in [6.45, 7) is 4.56. The maximum absolute atomic E-state index is 3.48. The Morgan fingerprint density at radius 1 is 1.12 bits per heavy atom. The number of benzene rings is 1. The molecule has 0 aromatic heterocycles. The summed E-state index contributed by atoms with van der Waals surface area (Å²) in [7, 11) is 2.23. The van der Waals surface area contributed by atoms with Crippen LogP contribution in [0.4, 0.5) is 5.69 Å². The summed E-state index contributed by atoms with van der Waals surface area (Å²) < 4.78 is 0. The third-order valence-electron chi connectivity index (χ3n) is 4.12. The molecule has 17 heavy (non-hydrogen) atoms. The monoisotopic (exact) mass is 231 g/mol. The minimum absolute atomic E-state index is 0.362. The van der Waals surface area contributed by atoms with Crippen LogP contribution in [-0.2, 0) is 0 Å². The van der Waals surface area contributed by atoms with Crippen molar-refractivity contribution in [3.8, 4) is 0 Å². The van der Waals surface area contributed by atoms with E-state index >= 15 is 0 Å². The predicted molar refractivity (Wildman–Crippen MR) is 71.3 cm³/mol. The number of piperidine rings is 1. The van der Waals surface area contributed by atoms with Crippen molar-refractivity contribution in [2.45, 2.75) is 18.4 Å². The first-order valence-electron chi connectivity index (χ1n) is 6.52. The molecule has 2 fully saturated rings. The molecule has 1 N–H and O–H groups in total. The molecule has 2 saturated heterocycles. The lowest BCUT2D eigenvalue weighted by molar-refractivity contribution is 0.294. The van der Waals surface area contributed by atoms with Crippen molar-refractivity contribution in [1.29, 1.82) is 0 Å². The van der Waals surface area contributed by atoms with Crippen LogP contribution < -0.4 is 10.2 Å². The van der Waals surface area contributed by atoms with Crippen LogP contribution in [0.1, 0.15) is 12.8 Å². The van der Waals surface area contributed by atoms with Crippen molar-refractivity contribution in [1.82, 2.24) is 10.2 Å². The van der Waals surface area contributed by atoms with Gasteiger partial charge in [-0.25, -0.2) is 0 Å². The fourth-order valence-corrected chi connectivity index (χ4v) is 3.31. The molecule has 0 saturated carbocycles. The van der Waals surface area contributed by atoms with Gasteiger partial charge in [0, 0.05) is 12.2 Å². The second-order valence-corrected chi connectivity index (χ2v) is 5.39. The van der Waals surface area contributed by atoms with E-state index in [9.17, 15) is 0 Å². The molecule has 0 unspecified atom stereocenters. The van der Waals surface area contributed by atoms with E-state index in [1.807, 2.05) is 0 Å². The summed E-state index contributed by atoms with van der Waals surface area (Å²) in [4.78, 5) is 5.05. The van der Waals surface area contributed by atoms with Crippen molar-refractivity contribution < 1.29 is 0 Å². The molecule has 3 nitrogen and oxygen atoms in total. The van der Waals surface area contributed by atoms with E-state index in [0.717, 1.165) is 19.8 Å². The summed E-state index contributed by atoms with van der Waals surface area (Å²) in [5.41, 5.74) is 1.74. The van der Waals surface area contributed by atoms with E-state index in [1.54, 1.807) is 0 Å². The van der Waals surface area contributed by atoms with Crippen LogP contribution in [0.25, 0.3) is 0 Å². The number of nitrogens with zero attached hydrogens (tertiary/aromatic N) is 2. The van der Waals surface area contributed by atoms with E-state index in [1.165, 1.54) is 25.1 Å². The number of hydrogen-bond acceptors (Lipinski definition) is 3. The van der Waals surface area contributed by atoms with Gasteiger partial charge in [-0.3, -0.25) is 4.90 Å². The predicted octanol–water partition coefficient (Wildman–Crippen LogP) is 1.52. The quantitative estimate of drug-likeness (QED) is 0.790. The number of nitrogens with one attached hydrogen (secondary N) is 1.